The van der Waals surface area contributed by atoms with Crippen LogP contribution in [-0.4, -0.2) is 15.9 Å². The first-order valence-electron chi connectivity index (χ1n) is 8.10. The van der Waals surface area contributed by atoms with Crippen LogP contribution in [-0.2, 0) is 11.2 Å². The Labute approximate surface area is 142 Å². The van der Waals surface area contributed by atoms with Crippen molar-refractivity contribution >= 4 is 16.8 Å². The van der Waals surface area contributed by atoms with Crippen LogP contribution in [0.5, 0.6) is 0 Å². The normalized spacial score (nSPS) is 12.1. The van der Waals surface area contributed by atoms with Crippen molar-refractivity contribution in [2.45, 2.75) is 33.2 Å². The fraction of sp³-hybridized carbons (Fsp3) is 0.250. The summed E-state index contributed by atoms with van der Waals surface area (Å²) in [4.78, 5) is 21.1. The van der Waals surface area contributed by atoms with Gasteiger partial charge < -0.3 is 5.32 Å². The van der Waals surface area contributed by atoms with Gasteiger partial charge in [-0.15, -0.1) is 0 Å². The molecule has 1 amide bonds. The van der Waals surface area contributed by atoms with Crippen LogP contribution in [0.15, 0.2) is 48.8 Å². The van der Waals surface area contributed by atoms with Gasteiger partial charge in [-0.3, -0.25) is 14.8 Å². The van der Waals surface area contributed by atoms with Crippen molar-refractivity contribution in [1.82, 2.24) is 15.3 Å². The van der Waals surface area contributed by atoms with Crippen molar-refractivity contribution in [1.29, 1.82) is 0 Å². The average molecular weight is 319 g/mol. The molecule has 0 radical (unpaired) electrons. The van der Waals surface area contributed by atoms with Crippen molar-refractivity contribution < 1.29 is 4.79 Å². The minimum Gasteiger partial charge on any atom is -0.349 e. The Kier molecular flexibility index (Phi) is 4.56. The van der Waals surface area contributed by atoms with Gasteiger partial charge in [0, 0.05) is 23.5 Å². The van der Waals surface area contributed by atoms with Gasteiger partial charge in [0.05, 0.1) is 18.0 Å². The zero-order valence-electron chi connectivity index (χ0n) is 14.2. The van der Waals surface area contributed by atoms with Crippen LogP contribution in [0.1, 0.15) is 35.3 Å². The first-order chi connectivity index (χ1) is 11.6. The van der Waals surface area contributed by atoms with E-state index in [1.54, 1.807) is 12.4 Å². The van der Waals surface area contributed by atoms with E-state index in [4.69, 9.17) is 0 Å². The molecule has 0 aliphatic rings. The van der Waals surface area contributed by atoms with Gasteiger partial charge in [0.15, 0.2) is 0 Å². The van der Waals surface area contributed by atoms with Crippen LogP contribution in [0.25, 0.3) is 10.9 Å². The molecule has 4 nitrogen and oxygen atoms in total. The monoisotopic (exact) mass is 319 g/mol. The molecule has 1 N–H and O–H groups in total. The minimum atomic E-state index is -0.0467. The number of benzene rings is 1. The summed E-state index contributed by atoms with van der Waals surface area (Å²) in [6.45, 7) is 6.01. The molecule has 0 bridgehead atoms. The molecule has 2 aromatic heterocycles. The molecule has 1 aromatic carbocycles. The van der Waals surface area contributed by atoms with Crippen molar-refractivity contribution in [2.75, 3.05) is 0 Å². The number of aromatic nitrogens is 2. The maximum Gasteiger partial charge on any atom is 0.224 e. The highest BCUT2D eigenvalue weighted by Gasteiger charge is 2.15. The second-order valence-corrected chi connectivity index (χ2v) is 6.06. The number of nitrogens with one attached hydrogen (secondary N) is 1. The molecule has 122 valence electrons. The van der Waals surface area contributed by atoms with E-state index in [1.807, 2.05) is 44.2 Å². The Balaban J connectivity index is 1.81. The first kappa shape index (κ1) is 16.1. The van der Waals surface area contributed by atoms with Crippen molar-refractivity contribution in [3.8, 4) is 0 Å². The van der Waals surface area contributed by atoms with E-state index in [0.29, 0.717) is 6.42 Å². The maximum atomic E-state index is 12.5. The van der Waals surface area contributed by atoms with Gasteiger partial charge in [0.25, 0.3) is 0 Å². The predicted molar refractivity (Wildman–Crippen MR) is 95.7 cm³/mol. The van der Waals surface area contributed by atoms with Gasteiger partial charge in [-0.2, -0.15) is 0 Å². The van der Waals surface area contributed by atoms with Crippen molar-refractivity contribution in [3.63, 3.8) is 0 Å². The highest BCUT2D eigenvalue weighted by Crippen LogP contribution is 2.23. The third-order valence-electron chi connectivity index (χ3n) is 4.41. The lowest BCUT2D eigenvalue weighted by Crippen LogP contribution is -2.28. The molecule has 0 aliphatic carbocycles. The smallest absolute Gasteiger partial charge is 0.224 e. The standard InChI is InChI=1S/C20H21N3O/c1-13-17-6-4-5-7-19(17)22-15(3)18(13)12-20(24)23-14(2)16-8-10-21-11-9-16/h4-11,14H,12H2,1-3H3,(H,23,24). The molecule has 2 heterocycles. The van der Waals surface area contributed by atoms with Crippen LogP contribution < -0.4 is 5.32 Å². The highest BCUT2D eigenvalue weighted by molar-refractivity contribution is 5.86. The van der Waals surface area contributed by atoms with Crippen LogP contribution in [0.2, 0.25) is 0 Å². The number of para-hydroxylation sites is 1. The summed E-state index contributed by atoms with van der Waals surface area (Å²) in [5, 5.41) is 4.16. The number of amides is 1. The third kappa shape index (κ3) is 3.27. The SMILES string of the molecule is Cc1nc2ccccc2c(C)c1CC(=O)NC(C)c1ccncc1. The van der Waals surface area contributed by atoms with E-state index in [1.165, 1.54) is 0 Å². The molecular weight excluding hydrogens is 298 g/mol. The molecule has 1 atom stereocenters. The van der Waals surface area contributed by atoms with Gasteiger partial charge >= 0.3 is 0 Å². The van der Waals surface area contributed by atoms with Crippen LogP contribution >= 0.6 is 0 Å². The largest absolute Gasteiger partial charge is 0.349 e. The molecule has 0 spiro atoms. The number of carbonyl (C=O) groups excluding carboxylic acids is 1. The molecule has 0 saturated carbocycles. The summed E-state index contributed by atoms with van der Waals surface area (Å²) in [5.41, 5.74) is 5.07. The lowest BCUT2D eigenvalue weighted by Gasteiger charge is -2.16. The van der Waals surface area contributed by atoms with E-state index < -0.39 is 0 Å². The van der Waals surface area contributed by atoms with Gasteiger partial charge in [-0.25, -0.2) is 0 Å². The summed E-state index contributed by atoms with van der Waals surface area (Å²) < 4.78 is 0. The molecule has 4 heteroatoms. The van der Waals surface area contributed by atoms with Gasteiger partial charge in [0.1, 0.15) is 0 Å². The van der Waals surface area contributed by atoms with Crippen LogP contribution in [0, 0.1) is 13.8 Å². The Morgan fingerprint density at radius 2 is 1.83 bits per heavy atom. The number of hydrogen-bond donors (Lipinski definition) is 1. The molecular formula is C20H21N3O. The fourth-order valence-electron chi connectivity index (χ4n) is 3.02. The number of nitrogens with zero attached hydrogens (tertiary/aromatic N) is 2. The number of aryl methyl sites for hydroxylation is 2. The maximum absolute atomic E-state index is 12.5. The van der Waals surface area contributed by atoms with E-state index in [-0.39, 0.29) is 11.9 Å². The number of carbonyl (C=O) groups is 1. The quantitative estimate of drug-likeness (QED) is 0.798. The molecule has 0 aliphatic heterocycles. The van der Waals surface area contributed by atoms with E-state index in [0.717, 1.165) is 33.3 Å². The Hall–Kier alpha value is -2.75. The highest BCUT2D eigenvalue weighted by atomic mass is 16.1. The predicted octanol–water partition coefficient (Wildman–Crippen LogP) is 3.67. The number of pyridine rings is 2. The van der Waals surface area contributed by atoms with E-state index in [9.17, 15) is 4.79 Å². The lowest BCUT2D eigenvalue weighted by molar-refractivity contribution is -0.121. The number of hydrogen-bond acceptors (Lipinski definition) is 3. The second-order valence-electron chi connectivity index (χ2n) is 6.06. The molecule has 24 heavy (non-hydrogen) atoms. The third-order valence-corrected chi connectivity index (χ3v) is 4.41. The fourth-order valence-corrected chi connectivity index (χ4v) is 3.02. The van der Waals surface area contributed by atoms with Gasteiger partial charge in [-0.1, -0.05) is 18.2 Å². The summed E-state index contributed by atoms with van der Waals surface area (Å²) in [6.07, 6.45) is 3.81. The summed E-state index contributed by atoms with van der Waals surface area (Å²) >= 11 is 0. The average Bonchev–Trinajstić information content (AvgIpc) is 2.59. The van der Waals surface area contributed by atoms with Crippen LogP contribution in [0.3, 0.4) is 0 Å². The van der Waals surface area contributed by atoms with E-state index >= 15 is 0 Å². The zero-order valence-corrected chi connectivity index (χ0v) is 14.2. The summed E-state index contributed by atoms with van der Waals surface area (Å²) in [7, 11) is 0. The topological polar surface area (TPSA) is 54.9 Å². The van der Waals surface area contributed by atoms with Crippen LogP contribution in [0.4, 0.5) is 0 Å². The van der Waals surface area contributed by atoms with Crippen molar-refractivity contribution in [3.05, 3.63) is 71.2 Å². The van der Waals surface area contributed by atoms with Gasteiger partial charge in [0.2, 0.25) is 5.91 Å². The molecule has 3 rings (SSSR count). The van der Waals surface area contributed by atoms with Gasteiger partial charge in [-0.05, 0) is 55.7 Å². The molecule has 1 unspecified atom stereocenters. The molecule has 0 saturated heterocycles. The summed E-state index contributed by atoms with van der Waals surface area (Å²) in [5.74, 6) is 0.00240. The number of rotatable bonds is 4. The number of fused-ring (bicyclic) bond motifs is 1. The lowest BCUT2D eigenvalue weighted by atomic mass is 9.99. The summed E-state index contributed by atoms with van der Waals surface area (Å²) in [6, 6.07) is 11.8. The first-order valence-corrected chi connectivity index (χ1v) is 8.10. The molecule has 3 aromatic rings. The zero-order chi connectivity index (χ0) is 17.1. The molecule has 0 fully saturated rings. The van der Waals surface area contributed by atoms with E-state index in [2.05, 4.69) is 28.3 Å². The Bertz CT molecular complexity index is 875. The Morgan fingerprint density at radius 1 is 1.12 bits per heavy atom. The van der Waals surface area contributed by atoms with Crippen molar-refractivity contribution in [2.24, 2.45) is 0 Å². The second kappa shape index (κ2) is 6.79. The minimum absolute atomic E-state index is 0.00240. The Morgan fingerprint density at radius 3 is 2.58 bits per heavy atom.